The van der Waals surface area contributed by atoms with Crippen LogP contribution in [-0.2, 0) is 16.1 Å². The number of anilines is 1. The highest BCUT2D eigenvalue weighted by Crippen LogP contribution is 2.25. The van der Waals surface area contributed by atoms with Crippen LogP contribution in [0, 0.1) is 0 Å². The third-order valence-corrected chi connectivity index (χ3v) is 4.74. The van der Waals surface area contributed by atoms with Gasteiger partial charge in [0.2, 0.25) is 5.88 Å². The molecular weight excluding hydrogens is 382 g/mol. The number of ether oxygens (including phenoxy) is 2. The fraction of sp³-hybridized carbons (Fsp3) is 0.348. The van der Waals surface area contributed by atoms with Crippen LogP contribution in [0.25, 0.3) is 6.08 Å². The predicted molar refractivity (Wildman–Crippen MR) is 115 cm³/mol. The van der Waals surface area contributed by atoms with Crippen LogP contribution >= 0.6 is 0 Å². The van der Waals surface area contributed by atoms with Crippen molar-refractivity contribution in [2.75, 3.05) is 11.9 Å². The summed E-state index contributed by atoms with van der Waals surface area (Å²) in [4.78, 5) is 27.9. The fourth-order valence-electron chi connectivity index (χ4n) is 3.21. The molecule has 0 aliphatic heterocycles. The molecule has 7 nitrogen and oxygen atoms in total. The molecule has 1 aliphatic carbocycles. The summed E-state index contributed by atoms with van der Waals surface area (Å²) in [5, 5.41) is 5.63. The van der Waals surface area contributed by atoms with Gasteiger partial charge in [-0.15, -0.1) is 0 Å². The number of aromatic nitrogens is 1. The summed E-state index contributed by atoms with van der Waals surface area (Å²) in [6.45, 7) is 2.42. The van der Waals surface area contributed by atoms with Crippen molar-refractivity contribution in [3.05, 3.63) is 59.8 Å². The van der Waals surface area contributed by atoms with Gasteiger partial charge < -0.3 is 20.1 Å². The monoisotopic (exact) mass is 409 g/mol. The molecule has 1 saturated carbocycles. The smallest absolute Gasteiger partial charge is 0.330 e. The lowest BCUT2D eigenvalue weighted by atomic mass is 10.2. The molecule has 30 heavy (non-hydrogen) atoms. The summed E-state index contributed by atoms with van der Waals surface area (Å²) >= 11 is 0. The minimum absolute atomic E-state index is 0.212. The van der Waals surface area contributed by atoms with E-state index in [0.717, 1.165) is 24.0 Å². The Labute approximate surface area is 176 Å². The number of nitrogens with zero attached hydrogens (tertiary/aromatic N) is 1. The van der Waals surface area contributed by atoms with Crippen molar-refractivity contribution in [3.8, 4) is 5.88 Å². The number of rotatable bonds is 8. The molecule has 0 atom stereocenters. The molecule has 0 saturated heterocycles. The van der Waals surface area contributed by atoms with Crippen molar-refractivity contribution in [1.29, 1.82) is 0 Å². The fourth-order valence-corrected chi connectivity index (χ4v) is 3.21. The summed E-state index contributed by atoms with van der Waals surface area (Å²) in [5.74, 6) is 0.202. The Bertz CT molecular complexity index is 874. The third kappa shape index (κ3) is 6.62. The van der Waals surface area contributed by atoms with E-state index < -0.39 is 0 Å². The summed E-state index contributed by atoms with van der Waals surface area (Å²) < 4.78 is 10.8. The van der Waals surface area contributed by atoms with E-state index in [1.165, 1.54) is 18.9 Å². The number of esters is 1. The number of amides is 2. The first-order chi connectivity index (χ1) is 14.6. The first-order valence-corrected chi connectivity index (χ1v) is 10.2. The second-order valence-corrected chi connectivity index (χ2v) is 7.01. The second kappa shape index (κ2) is 11.0. The highest BCUT2D eigenvalue weighted by Gasteiger charge is 2.18. The number of pyridine rings is 1. The largest absolute Gasteiger partial charge is 0.474 e. The van der Waals surface area contributed by atoms with E-state index >= 15 is 0 Å². The van der Waals surface area contributed by atoms with Crippen molar-refractivity contribution in [2.45, 2.75) is 45.3 Å². The lowest BCUT2D eigenvalue weighted by Gasteiger charge is -2.15. The quantitative estimate of drug-likeness (QED) is 0.501. The molecule has 1 aromatic heterocycles. The molecular formula is C23H27N3O4. The molecule has 2 aromatic rings. The molecule has 1 fully saturated rings. The van der Waals surface area contributed by atoms with Crippen LogP contribution in [0.15, 0.2) is 48.7 Å². The van der Waals surface area contributed by atoms with Crippen LogP contribution in [0.5, 0.6) is 5.88 Å². The first kappa shape index (κ1) is 21.4. The van der Waals surface area contributed by atoms with Crippen LogP contribution in [-0.4, -0.2) is 29.7 Å². The van der Waals surface area contributed by atoms with Gasteiger partial charge in [0.25, 0.3) is 0 Å². The van der Waals surface area contributed by atoms with E-state index in [-0.39, 0.29) is 18.1 Å². The van der Waals surface area contributed by atoms with Crippen molar-refractivity contribution in [2.24, 2.45) is 0 Å². The molecule has 0 spiro atoms. The number of carbonyl (C=O) groups excluding carboxylic acids is 2. The van der Waals surface area contributed by atoms with Crippen LogP contribution in [0.1, 0.15) is 43.7 Å². The standard InChI is InChI=1S/C23H27N3O4/c1-2-29-21(27)14-11-17-9-12-19(13-10-17)26-23(28)25-16-18-6-5-15-24-22(18)30-20-7-3-4-8-20/h5-6,9-15,20H,2-4,7-8,16H2,1H3,(H2,25,26,28)/b14-11+. The van der Waals surface area contributed by atoms with Crippen LogP contribution in [0.4, 0.5) is 10.5 Å². The maximum absolute atomic E-state index is 12.3. The van der Waals surface area contributed by atoms with Crippen LogP contribution < -0.4 is 15.4 Å². The second-order valence-electron chi connectivity index (χ2n) is 7.01. The van der Waals surface area contributed by atoms with Gasteiger partial charge in [0.05, 0.1) is 6.61 Å². The SMILES string of the molecule is CCOC(=O)/C=C/c1ccc(NC(=O)NCc2cccnc2OC2CCCC2)cc1. The topological polar surface area (TPSA) is 89.5 Å². The zero-order valence-corrected chi connectivity index (χ0v) is 17.1. The minimum atomic E-state index is -0.384. The van der Waals surface area contributed by atoms with Gasteiger partial charge in [0.15, 0.2) is 0 Å². The number of hydrogen-bond donors (Lipinski definition) is 2. The lowest BCUT2D eigenvalue weighted by molar-refractivity contribution is -0.137. The Balaban J connectivity index is 1.49. The molecule has 158 valence electrons. The Hall–Kier alpha value is -3.35. The van der Waals surface area contributed by atoms with Crippen molar-refractivity contribution < 1.29 is 19.1 Å². The molecule has 1 aromatic carbocycles. The minimum Gasteiger partial charge on any atom is -0.474 e. The van der Waals surface area contributed by atoms with Crippen molar-refractivity contribution >= 4 is 23.8 Å². The molecule has 1 heterocycles. The van der Waals surface area contributed by atoms with E-state index in [1.54, 1.807) is 43.5 Å². The van der Waals surface area contributed by atoms with E-state index in [2.05, 4.69) is 15.6 Å². The number of hydrogen-bond acceptors (Lipinski definition) is 5. The van der Waals surface area contributed by atoms with Gasteiger partial charge >= 0.3 is 12.0 Å². The summed E-state index contributed by atoms with van der Waals surface area (Å²) in [5.41, 5.74) is 2.33. The van der Waals surface area contributed by atoms with Crippen molar-refractivity contribution in [3.63, 3.8) is 0 Å². The van der Waals surface area contributed by atoms with Crippen LogP contribution in [0.2, 0.25) is 0 Å². The Morgan fingerprint density at radius 2 is 1.93 bits per heavy atom. The molecule has 0 bridgehead atoms. The number of nitrogens with one attached hydrogen (secondary N) is 2. The average Bonchev–Trinajstić information content (AvgIpc) is 3.26. The van der Waals surface area contributed by atoms with Gasteiger partial charge in [-0.2, -0.15) is 0 Å². The van der Waals surface area contributed by atoms with E-state index in [4.69, 9.17) is 9.47 Å². The molecule has 2 amide bonds. The zero-order valence-electron chi connectivity index (χ0n) is 17.1. The van der Waals surface area contributed by atoms with Gasteiger partial charge in [-0.1, -0.05) is 18.2 Å². The molecule has 3 rings (SSSR count). The summed E-state index contributed by atoms with van der Waals surface area (Å²) in [6.07, 6.45) is 9.42. The molecule has 1 aliphatic rings. The number of carbonyl (C=O) groups is 2. The van der Waals surface area contributed by atoms with E-state index in [0.29, 0.717) is 24.7 Å². The third-order valence-electron chi connectivity index (χ3n) is 4.74. The molecule has 0 unspecified atom stereocenters. The van der Waals surface area contributed by atoms with Gasteiger partial charge in [-0.3, -0.25) is 0 Å². The highest BCUT2D eigenvalue weighted by atomic mass is 16.5. The predicted octanol–water partition coefficient (Wildman–Crippen LogP) is 4.30. The maximum atomic E-state index is 12.3. The van der Waals surface area contributed by atoms with E-state index in [9.17, 15) is 9.59 Å². The summed E-state index contributed by atoms with van der Waals surface area (Å²) in [6, 6.07) is 10.6. The van der Waals surface area contributed by atoms with Gasteiger partial charge in [0.1, 0.15) is 6.10 Å². The van der Waals surface area contributed by atoms with Gasteiger partial charge in [0, 0.05) is 30.1 Å². The van der Waals surface area contributed by atoms with Gasteiger partial charge in [-0.25, -0.2) is 14.6 Å². The average molecular weight is 409 g/mol. The summed E-state index contributed by atoms with van der Waals surface area (Å²) in [7, 11) is 0. The molecule has 7 heteroatoms. The van der Waals surface area contributed by atoms with Crippen LogP contribution in [0.3, 0.4) is 0 Å². The zero-order chi connectivity index (χ0) is 21.2. The highest BCUT2D eigenvalue weighted by molar-refractivity contribution is 5.90. The van der Waals surface area contributed by atoms with Crippen molar-refractivity contribution in [1.82, 2.24) is 10.3 Å². The lowest BCUT2D eigenvalue weighted by Crippen LogP contribution is -2.28. The maximum Gasteiger partial charge on any atom is 0.330 e. The number of urea groups is 1. The Morgan fingerprint density at radius 1 is 1.17 bits per heavy atom. The first-order valence-electron chi connectivity index (χ1n) is 10.2. The Kier molecular flexibility index (Phi) is 7.83. The molecule has 0 radical (unpaired) electrons. The number of benzene rings is 1. The van der Waals surface area contributed by atoms with Gasteiger partial charge in [-0.05, 0) is 62.4 Å². The van der Waals surface area contributed by atoms with E-state index in [1.807, 2.05) is 12.1 Å². The normalized spacial score (nSPS) is 13.9. The molecule has 2 N–H and O–H groups in total. The Morgan fingerprint density at radius 3 is 2.67 bits per heavy atom.